The van der Waals surface area contributed by atoms with Gasteiger partial charge in [0.05, 0.1) is 11.1 Å². The minimum absolute atomic E-state index is 0.0442. The largest absolute Gasteiger partial charge is 0.383 e. The van der Waals surface area contributed by atoms with Crippen LogP contribution in [-0.4, -0.2) is 42.9 Å². The van der Waals surface area contributed by atoms with Gasteiger partial charge in [-0.2, -0.15) is 0 Å². The standard InChI is InChI=1S/C29H25FN6O/c1-5-8-20-9-7-14-36(20)29(37)19-12-10-18(11-13-19)23-24-27(31)33-16-34-28(24)35(4)26(23)21-15-32-22(6-2)25(30)17(21)3/h1-2,10-13,15-16,20H,7-9,14H2,3-4H3,(H2,31,33,34)/t20-/m0/s1. The molecule has 2 N–H and O–H groups in total. The number of carbonyl (C=O) groups excluding carboxylic acids is 1. The second-order valence-electron chi connectivity index (χ2n) is 9.12. The van der Waals surface area contributed by atoms with Crippen molar-refractivity contribution < 1.29 is 9.18 Å². The predicted octanol–water partition coefficient (Wildman–Crippen LogP) is 4.34. The van der Waals surface area contributed by atoms with Gasteiger partial charge in [0.25, 0.3) is 5.91 Å². The maximum Gasteiger partial charge on any atom is 0.254 e. The molecule has 4 heterocycles. The Labute approximate surface area is 214 Å². The predicted molar refractivity (Wildman–Crippen MR) is 142 cm³/mol. The molecule has 0 saturated carbocycles. The number of anilines is 1. The highest BCUT2D eigenvalue weighted by atomic mass is 19.1. The molecule has 7 nitrogen and oxygen atoms in total. The molecule has 4 aromatic rings. The van der Waals surface area contributed by atoms with Gasteiger partial charge in [-0.25, -0.2) is 19.3 Å². The highest BCUT2D eigenvalue weighted by Gasteiger charge is 2.29. The molecule has 1 atom stereocenters. The zero-order valence-electron chi connectivity index (χ0n) is 20.6. The first-order chi connectivity index (χ1) is 17.9. The number of hydrogen-bond donors (Lipinski definition) is 1. The summed E-state index contributed by atoms with van der Waals surface area (Å²) >= 11 is 0. The number of benzene rings is 1. The highest BCUT2D eigenvalue weighted by molar-refractivity contribution is 6.08. The lowest BCUT2D eigenvalue weighted by atomic mass is 9.96. The molecule has 37 heavy (non-hydrogen) atoms. The number of aryl methyl sites for hydroxylation is 1. The van der Waals surface area contributed by atoms with Gasteiger partial charge in [-0.1, -0.05) is 12.1 Å². The first-order valence-corrected chi connectivity index (χ1v) is 11.9. The van der Waals surface area contributed by atoms with Crippen molar-refractivity contribution in [3.8, 4) is 47.1 Å². The summed E-state index contributed by atoms with van der Waals surface area (Å²) in [5, 5.41) is 0.633. The van der Waals surface area contributed by atoms with E-state index in [2.05, 4.69) is 26.8 Å². The maximum atomic E-state index is 15.0. The van der Waals surface area contributed by atoms with Crippen molar-refractivity contribution in [2.24, 2.45) is 7.05 Å². The molecule has 8 heteroatoms. The first kappa shape index (κ1) is 24.0. The SMILES string of the molecule is C#CC[C@H]1CCCN1C(=O)c1ccc(-c2c(-c3cnc(C#C)c(F)c3C)n(C)c3ncnc(N)c23)cc1. The minimum atomic E-state index is -0.552. The zero-order valence-corrected chi connectivity index (χ0v) is 20.6. The van der Waals surface area contributed by atoms with Crippen LogP contribution in [0.25, 0.3) is 33.4 Å². The third-order valence-electron chi connectivity index (χ3n) is 7.06. The van der Waals surface area contributed by atoms with Gasteiger partial charge in [-0.05, 0) is 48.9 Å². The van der Waals surface area contributed by atoms with E-state index in [1.54, 1.807) is 25.3 Å². The van der Waals surface area contributed by atoms with Gasteiger partial charge < -0.3 is 15.2 Å². The van der Waals surface area contributed by atoms with Gasteiger partial charge in [0.2, 0.25) is 0 Å². The van der Waals surface area contributed by atoms with Crippen LogP contribution < -0.4 is 5.73 Å². The Morgan fingerprint density at radius 2 is 1.97 bits per heavy atom. The quantitative estimate of drug-likeness (QED) is 0.428. The van der Waals surface area contributed by atoms with Crippen LogP contribution in [0.3, 0.4) is 0 Å². The average molecular weight is 493 g/mol. The van der Waals surface area contributed by atoms with E-state index in [0.717, 1.165) is 24.0 Å². The summed E-state index contributed by atoms with van der Waals surface area (Å²) in [6, 6.07) is 7.37. The Hall–Kier alpha value is -4.69. The van der Waals surface area contributed by atoms with E-state index in [1.165, 1.54) is 6.33 Å². The van der Waals surface area contributed by atoms with Crippen molar-refractivity contribution in [3.05, 3.63) is 59.4 Å². The van der Waals surface area contributed by atoms with Gasteiger partial charge in [-0.15, -0.1) is 18.8 Å². The van der Waals surface area contributed by atoms with Crippen molar-refractivity contribution >= 4 is 22.8 Å². The normalized spacial score (nSPS) is 15.1. The number of amides is 1. The lowest BCUT2D eigenvalue weighted by Gasteiger charge is -2.23. The van der Waals surface area contributed by atoms with Crippen LogP contribution in [0.15, 0.2) is 36.8 Å². The van der Waals surface area contributed by atoms with Crippen molar-refractivity contribution in [1.29, 1.82) is 0 Å². The number of terminal acetylenes is 2. The molecular formula is C29H25FN6O. The number of fused-ring (bicyclic) bond motifs is 1. The molecule has 5 rings (SSSR count). The summed E-state index contributed by atoms with van der Waals surface area (Å²) in [6.07, 6.45) is 16.3. The van der Waals surface area contributed by atoms with E-state index in [0.29, 0.717) is 52.2 Å². The van der Waals surface area contributed by atoms with Crippen LogP contribution in [0.4, 0.5) is 10.2 Å². The average Bonchev–Trinajstić information content (AvgIpc) is 3.49. The molecule has 0 unspecified atom stereocenters. The third-order valence-corrected chi connectivity index (χ3v) is 7.06. The molecule has 0 spiro atoms. The molecule has 0 bridgehead atoms. The maximum absolute atomic E-state index is 15.0. The van der Waals surface area contributed by atoms with Crippen LogP contribution in [0.2, 0.25) is 0 Å². The Kier molecular flexibility index (Phi) is 6.11. The van der Waals surface area contributed by atoms with Gasteiger partial charge in [-0.3, -0.25) is 4.79 Å². The van der Waals surface area contributed by atoms with Gasteiger partial charge in [0.15, 0.2) is 5.82 Å². The number of pyridine rings is 1. The molecule has 1 aliphatic rings. The Morgan fingerprint density at radius 3 is 2.68 bits per heavy atom. The molecule has 1 aliphatic heterocycles. The number of carbonyl (C=O) groups is 1. The van der Waals surface area contributed by atoms with E-state index in [-0.39, 0.29) is 17.6 Å². The van der Waals surface area contributed by atoms with Gasteiger partial charge in [0.1, 0.15) is 23.5 Å². The molecule has 0 radical (unpaired) electrons. The number of halogens is 1. The Morgan fingerprint density at radius 1 is 1.22 bits per heavy atom. The molecular weight excluding hydrogens is 467 g/mol. The fourth-order valence-corrected chi connectivity index (χ4v) is 5.19. The summed E-state index contributed by atoms with van der Waals surface area (Å²) in [4.78, 5) is 27.9. The Balaban J connectivity index is 1.66. The van der Waals surface area contributed by atoms with Gasteiger partial charge >= 0.3 is 0 Å². The number of hydrogen-bond acceptors (Lipinski definition) is 5. The van der Waals surface area contributed by atoms with Crippen LogP contribution >= 0.6 is 0 Å². The Bertz CT molecular complexity index is 1620. The topological polar surface area (TPSA) is 89.9 Å². The van der Waals surface area contributed by atoms with Crippen LogP contribution in [-0.2, 0) is 7.05 Å². The van der Waals surface area contributed by atoms with Gasteiger partial charge in [0, 0.05) is 48.9 Å². The summed E-state index contributed by atoms with van der Waals surface area (Å²) < 4.78 is 16.8. The lowest BCUT2D eigenvalue weighted by molar-refractivity contribution is 0.0739. The number of aromatic nitrogens is 4. The third kappa shape index (κ3) is 3.88. The number of nitrogen functional groups attached to an aromatic ring is 1. The monoisotopic (exact) mass is 492 g/mol. The second-order valence-corrected chi connectivity index (χ2v) is 9.12. The van der Waals surface area contributed by atoms with E-state index < -0.39 is 5.82 Å². The second kappa shape index (κ2) is 9.40. The molecule has 0 aliphatic carbocycles. The van der Waals surface area contributed by atoms with Crippen molar-refractivity contribution in [2.75, 3.05) is 12.3 Å². The van der Waals surface area contributed by atoms with Crippen molar-refractivity contribution in [1.82, 2.24) is 24.4 Å². The summed E-state index contributed by atoms with van der Waals surface area (Å²) in [7, 11) is 1.83. The van der Waals surface area contributed by atoms with Crippen LogP contribution in [0, 0.1) is 37.4 Å². The molecule has 3 aromatic heterocycles. The first-order valence-electron chi connectivity index (χ1n) is 11.9. The number of likely N-dealkylation sites (tertiary alicyclic amines) is 1. The van der Waals surface area contributed by atoms with Crippen molar-refractivity contribution in [2.45, 2.75) is 32.2 Å². The van der Waals surface area contributed by atoms with Crippen molar-refractivity contribution in [3.63, 3.8) is 0 Å². The lowest BCUT2D eigenvalue weighted by Crippen LogP contribution is -2.35. The van der Waals surface area contributed by atoms with Crippen LogP contribution in [0.1, 0.15) is 40.9 Å². The number of rotatable bonds is 4. The number of nitrogens with two attached hydrogens (primary N) is 1. The van der Waals surface area contributed by atoms with E-state index in [4.69, 9.17) is 18.6 Å². The molecule has 184 valence electrons. The summed E-state index contributed by atoms with van der Waals surface area (Å²) in [6.45, 7) is 2.36. The fourth-order valence-electron chi connectivity index (χ4n) is 5.19. The molecule has 1 amide bonds. The molecule has 1 fully saturated rings. The summed E-state index contributed by atoms with van der Waals surface area (Å²) in [5.74, 6) is 4.65. The zero-order chi connectivity index (χ0) is 26.3. The smallest absolute Gasteiger partial charge is 0.254 e. The minimum Gasteiger partial charge on any atom is -0.383 e. The number of nitrogens with zero attached hydrogens (tertiary/aromatic N) is 5. The summed E-state index contributed by atoms with van der Waals surface area (Å²) in [5.41, 5.74) is 10.5. The van der Waals surface area contributed by atoms with E-state index in [9.17, 15) is 4.79 Å². The van der Waals surface area contributed by atoms with E-state index >= 15 is 4.39 Å². The fraction of sp³-hybridized carbons (Fsp3) is 0.241. The molecule has 1 saturated heterocycles. The van der Waals surface area contributed by atoms with Crippen LogP contribution in [0.5, 0.6) is 0 Å². The van der Waals surface area contributed by atoms with E-state index in [1.807, 2.05) is 28.6 Å². The highest BCUT2D eigenvalue weighted by Crippen LogP contribution is 2.42. The molecule has 1 aromatic carbocycles.